The summed E-state index contributed by atoms with van der Waals surface area (Å²) in [4.78, 5) is 4.14. The van der Waals surface area contributed by atoms with Crippen LogP contribution in [0.4, 0.5) is 0 Å². The van der Waals surface area contributed by atoms with Crippen LogP contribution in [0.5, 0.6) is 5.75 Å². The number of aliphatic hydroxyl groups is 1. The zero-order valence-electron chi connectivity index (χ0n) is 7.37. The van der Waals surface area contributed by atoms with Crippen molar-refractivity contribution in [3.05, 3.63) is 23.5 Å². The highest BCUT2D eigenvalue weighted by Crippen LogP contribution is 2.20. The molecule has 0 spiro atoms. The third kappa shape index (κ3) is 1.56. The van der Waals surface area contributed by atoms with E-state index in [1.54, 1.807) is 19.4 Å². The minimum atomic E-state index is -0.0137. The second kappa shape index (κ2) is 4.07. The van der Waals surface area contributed by atoms with Crippen molar-refractivity contribution in [1.82, 2.24) is 4.98 Å². The van der Waals surface area contributed by atoms with Crippen LogP contribution in [-0.2, 0) is 13.0 Å². The van der Waals surface area contributed by atoms with Crippen molar-refractivity contribution >= 4 is 0 Å². The van der Waals surface area contributed by atoms with Gasteiger partial charge in [0.25, 0.3) is 0 Å². The molecular weight excluding hydrogens is 154 g/mol. The van der Waals surface area contributed by atoms with Crippen molar-refractivity contribution in [3.8, 4) is 5.75 Å². The van der Waals surface area contributed by atoms with E-state index in [0.717, 1.165) is 17.7 Å². The van der Waals surface area contributed by atoms with Crippen molar-refractivity contribution in [2.45, 2.75) is 20.0 Å². The molecule has 3 nitrogen and oxygen atoms in total. The van der Waals surface area contributed by atoms with Crippen molar-refractivity contribution in [2.75, 3.05) is 7.11 Å². The fraction of sp³-hybridized carbons (Fsp3) is 0.444. The number of aliphatic hydroxyl groups excluding tert-OH is 1. The number of aryl methyl sites for hydroxylation is 1. The predicted molar refractivity (Wildman–Crippen MR) is 46.1 cm³/mol. The molecule has 0 atom stereocenters. The molecule has 0 unspecified atom stereocenters. The van der Waals surface area contributed by atoms with Crippen LogP contribution in [0.3, 0.4) is 0 Å². The molecule has 1 aromatic rings. The molecule has 0 saturated carbocycles. The Bertz CT molecular complexity index is 238. The number of nitrogens with zero attached hydrogens (tertiary/aromatic N) is 1. The summed E-state index contributed by atoms with van der Waals surface area (Å²) in [5, 5.41) is 9.04. The van der Waals surface area contributed by atoms with Gasteiger partial charge in [-0.1, -0.05) is 6.92 Å². The highest BCUT2D eigenvalue weighted by Gasteiger charge is 2.06. The van der Waals surface area contributed by atoms with Gasteiger partial charge in [0.1, 0.15) is 5.75 Å². The SMILES string of the molecule is CCc1nccc(OC)c1CO. The number of hydrogen-bond acceptors (Lipinski definition) is 3. The van der Waals surface area contributed by atoms with E-state index in [0.29, 0.717) is 5.75 Å². The molecule has 12 heavy (non-hydrogen) atoms. The van der Waals surface area contributed by atoms with E-state index in [9.17, 15) is 0 Å². The minimum Gasteiger partial charge on any atom is -0.496 e. The average Bonchev–Trinajstić information content (AvgIpc) is 2.16. The molecule has 0 amide bonds. The summed E-state index contributed by atoms with van der Waals surface area (Å²) in [5.41, 5.74) is 1.69. The van der Waals surface area contributed by atoms with Crippen molar-refractivity contribution in [1.29, 1.82) is 0 Å². The number of methoxy groups -OCH3 is 1. The summed E-state index contributed by atoms with van der Waals surface area (Å²) in [6, 6.07) is 1.75. The molecule has 0 aliphatic rings. The van der Waals surface area contributed by atoms with Crippen molar-refractivity contribution in [3.63, 3.8) is 0 Å². The molecular formula is C9H13NO2. The third-order valence-corrected chi connectivity index (χ3v) is 1.81. The Morgan fingerprint density at radius 2 is 2.33 bits per heavy atom. The maximum atomic E-state index is 9.04. The number of hydrogen-bond donors (Lipinski definition) is 1. The molecule has 0 bridgehead atoms. The first kappa shape index (κ1) is 9.00. The van der Waals surface area contributed by atoms with E-state index in [1.165, 1.54) is 0 Å². The zero-order chi connectivity index (χ0) is 8.97. The van der Waals surface area contributed by atoms with E-state index >= 15 is 0 Å². The summed E-state index contributed by atoms with van der Waals surface area (Å²) in [7, 11) is 1.59. The van der Waals surface area contributed by atoms with Gasteiger partial charge in [0.05, 0.1) is 13.7 Å². The van der Waals surface area contributed by atoms with Gasteiger partial charge in [-0.25, -0.2) is 0 Å². The molecule has 0 radical (unpaired) electrons. The topological polar surface area (TPSA) is 42.4 Å². The van der Waals surface area contributed by atoms with Gasteiger partial charge in [0, 0.05) is 17.5 Å². The smallest absolute Gasteiger partial charge is 0.127 e. The number of ether oxygens (including phenoxy) is 1. The van der Waals surface area contributed by atoms with Crippen LogP contribution in [-0.4, -0.2) is 17.2 Å². The summed E-state index contributed by atoms with van der Waals surface area (Å²) >= 11 is 0. The van der Waals surface area contributed by atoms with E-state index in [2.05, 4.69) is 4.98 Å². The Balaban J connectivity index is 3.13. The van der Waals surface area contributed by atoms with Gasteiger partial charge >= 0.3 is 0 Å². The van der Waals surface area contributed by atoms with Crippen LogP contribution in [0.2, 0.25) is 0 Å². The molecule has 1 heterocycles. The Hall–Kier alpha value is -1.09. The standard InChI is InChI=1S/C9H13NO2/c1-3-8-7(6-11)9(12-2)4-5-10-8/h4-5,11H,3,6H2,1-2H3. The molecule has 0 aliphatic carbocycles. The van der Waals surface area contributed by atoms with E-state index in [1.807, 2.05) is 6.92 Å². The Kier molecular flexibility index (Phi) is 3.05. The van der Waals surface area contributed by atoms with Gasteiger partial charge in [-0.3, -0.25) is 4.98 Å². The van der Waals surface area contributed by atoms with Crippen LogP contribution in [0.15, 0.2) is 12.3 Å². The largest absolute Gasteiger partial charge is 0.496 e. The second-order valence-electron chi connectivity index (χ2n) is 2.45. The lowest BCUT2D eigenvalue weighted by molar-refractivity contribution is 0.271. The molecule has 0 aliphatic heterocycles. The Morgan fingerprint density at radius 1 is 1.58 bits per heavy atom. The highest BCUT2D eigenvalue weighted by molar-refractivity contribution is 5.35. The quantitative estimate of drug-likeness (QED) is 0.734. The Morgan fingerprint density at radius 3 is 2.83 bits per heavy atom. The van der Waals surface area contributed by atoms with Crippen molar-refractivity contribution < 1.29 is 9.84 Å². The van der Waals surface area contributed by atoms with Crippen LogP contribution in [0.1, 0.15) is 18.2 Å². The first-order chi connectivity index (χ1) is 5.83. The minimum absolute atomic E-state index is 0.0137. The Labute approximate surface area is 72.0 Å². The summed E-state index contributed by atoms with van der Waals surface area (Å²) in [6.07, 6.45) is 2.50. The van der Waals surface area contributed by atoms with Crippen LogP contribution in [0.25, 0.3) is 0 Å². The molecule has 0 fully saturated rings. The van der Waals surface area contributed by atoms with Gasteiger partial charge < -0.3 is 9.84 Å². The average molecular weight is 167 g/mol. The molecule has 1 N–H and O–H groups in total. The summed E-state index contributed by atoms with van der Waals surface area (Å²) in [5.74, 6) is 0.712. The molecule has 3 heteroatoms. The lowest BCUT2D eigenvalue weighted by atomic mass is 10.1. The van der Waals surface area contributed by atoms with Crippen molar-refractivity contribution in [2.24, 2.45) is 0 Å². The normalized spacial score (nSPS) is 9.92. The highest BCUT2D eigenvalue weighted by atomic mass is 16.5. The van der Waals surface area contributed by atoms with Crippen LogP contribution < -0.4 is 4.74 Å². The second-order valence-corrected chi connectivity index (χ2v) is 2.45. The summed E-state index contributed by atoms with van der Waals surface area (Å²) in [6.45, 7) is 1.99. The molecule has 66 valence electrons. The van der Waals surface area contributed by atoms with Gasteiger partial charge in [0.15, 0.2) is 0 Å². The van der Waals surface area contributed by atoms with Gasteiger partial charge in [0.2, 0.25) is 0 Å². The maximum absolute atomic E-state index is 9.04. The fourth-order valence-corrected chi connectivity index (χ4v) is 1.18. The third-order valence-electron chi connectivity index (χ3n) is 1.81. The van der Waals surface area contributed by atoms with Gasteiger partial charge in [-0.05, 0) is 12.5 Å². The molecule has 0 saturated heterocycles. The molecule has 1 rings (SSSR count). The maximum Gasteiger partial charge on any atom is 0.127 e. The van der Waals surface area contributed by atoms with E-state index < -0.39 is 0 Å². The van der Waals surface area contributed by atoms with Crippen LogP contribution >= 0.6 is 0 Å². The number of pyridine rings is 1. The first-order valence-electron chi connectivity index (χ1n) is 3.95. The van der Waals surface area contributed by atoms with Crippen LogP contribution in [0, 0.1) is 0 Å². The molecule has 0 aromatic carbocycles. The van der Waals surface area contributed by atoms with Gasteiger partial charge in [-0.15, -0.1) is 0 Å². The lowest BCUT2D eigenvalue weighted by Crippen LogP contribution is -1.99. The monoisotopic (exact) mass is 167 g/mol. The lowest BCUT2D eigenvalue weighted by Gasteiger charge is -2.08. The van der Waals surface area contributed by atoms with Gasteiger partial charge in [-0.2, -0.15) is 0 Å². The van der Waals surface area contributed by atoms with E-state index in [4.69, 9.17) is 9.84 Å². The predicted octanol–water partition coefficient (Wildman–Crippen LogP) is 1.14. The first-order valence-corrected chi connectivity index (χ1v) is 3.95. The number of aromatic nitrogens is 1. The fourth-order valence-electron chi connectivity index (χ4n) is 1.18. The molecule has 1 aromatic heterocycles. The zero-order valence-corrected chi connectivity index (χ0v) is 7.37. The van der Waals surface area contributed by atoms with E-state index in [-0.39, 0.29) is 6.61 Å². The summed E-state index contributed by atoms with van der Waals surface area (Å²) < 4.78 is 5.08. The number of rotatable bonds is 3.